The monoisotopic (exact) mass is 217 g/mol. The summed E-state index contributed by atoms with van der Waals surface area (Å²) in [4.78, 5) is 31.8. The second-order valence-corrected chi connectivity index (χ2v) is 3.99. The third-order valence-corrected chi connectivity index (χ3v) is 1.26. The molecule has 0 aromatic heterocycles. The van der Waals surface area contributed by atoms with Crippen molar-refractivity contribution >= 4 is 18.3 Å². The molecule has 0 radical (unpaired) electrons. The van der Waals surface area contributed by atoms with E-state index in [1.54, 1.807) is 20.8 Å². The Labute approximate surface area is 87.6 Å². The Morgan fingerprint density at radius 2 is 2.00 bits per heavy atom. The van der Waals surface area contributed by atoms with Crippen molar-refractivity contribution < 1.29 is 24.2 Å². The third kappa shape index (κ3) is 7.48. The molecule has 0 fully saturated rings. The Morgan fingerprint density at radius 1 is 1.47 bits per heavy atom. The van der Waals surface area contributed by atoms with Crippen LogP contribution in [-0.2, 0) is 14.3 Å². The van der Waals surface area contributed by atoms with Crippen LogP contribution < -0.4 is 5.32 Å². The fraction of sp³-hybridized carbons (Fsp3) is 0.667. The Kier molecular flexibility index (Phi) is 4.77. The molecule has 6 nitrogen and oxygen atoms in total. The van der Waals surface area contributed by atoms with Crippen molar-refractivity contribution in [2.75, 3.05) is 0 Å². The van der Waals surface area contributed by atoms with Crippen LogP contribution in [0.3, 0.4) is 0 Å². The summed E-state index contributed by atoms with van der Waals surface area (Å²) in [6, 6.07) is -1.06. The van der Waals surface area contributed by atoms with Gasteiger partial charge < -0.3 is 20.0 Å². The number of rotatable bonds is 4. The highest BCUT2D eigenvalue weighted by Crippen LogP contribution is 2.06. The number of hydrogen-bond donors (Lipinski definition) is 2. The standard InChI is InChI=1S/C9H15NO5/c1-9(2,3)15-8(14)10-6(5-11)4-7(12)13/h5-6H,4H2,1-3H3,(H,10,14)(H,12,13). The van der Waals surface area contributed by atoms with E-state index in [0.717, 1.165) is 0 Å². The van der Waals surface area contributed by atoms with Crippen LogP contribution in [0.4, 0.5) is 4.79 Å². The lowest BCUT2D eigenvalue weighted by Gasteiger charge is -2.20. The minimum Gasteiger partial charge on any atom is -0.481 e. The zero-order chi connectivity index (χ0) is 12.1. The first-order valence-corrected chi connectivity index (χ1v) is 4.41. The highest BCUT2D eigenvalue weighted by atomic mass is 16.6. The zero-order valence-corrected chi connectivity index (χ0v) is 8.94. The zero-order valence-electron chi connectivity index (χ0n) is 8.94. The molecule has 0 heterocycles. The molecule has 2 N–H and O–H groups in total. The van der Waals surface area contributed by atoms with Gasteiger partial charge in [0.25, 0.3) is 0 Å². The number of carboxylic acid groups (broad SMARTS) is 1. The molecule has 0 aromatic carbocycles. The Morgan fingerprint density at radius 3 is 2.33 bits per heavy atom. The van der Waals surface area contributed by atoms with Gasteiger partial charge in [-0.1, -0.05) is 0 Å². The summed E-state index contributed by atoms with van der Waals surface area (Å²) in [6.07, 6.45) is -0.901. The number of carboxylic acids is 1. The van der Waals surface area contributed by atoms with Crippen molar-refractivity contribution in [2.24, 2.45) is 0 Å². The van der Waals surface area contributed by atoms with Gasteiger partial charge in [0, 0.05) is 0 Å². The van der Waals surface area contributed by atoms with Gasteiger partial charge in [-0.25, -0.2) is 4.79 Å². The number of carbonyl (C=O) groups excluding carboxylic acids is 2. The largest absolute Gasteiger partial charge is 0.481 e. The maximum absolute atomic E-state index is 11.1. The van der Waals surface area contributed by atoms with Crippen LogP contribution in [0.15, 0.2) is 0 Å². The van der Waals surface area contributed by atoms with E-state index < -0.39 is 30.1 Å². The van der Waals surface area contributed by atoms with Gasteiger partial charge in [0.2, 0.25) is 0 Å². The molecular weight excluding hydrogens is 202 g/mol. The molecule has 0 aromatic rings. The molecule has 1 atom stereocenters. The Hall–Kier alpha value is -1.59. The van der Waals surface area contributed by atoms with Gasteiger partial charge in [-0.05, 0) is 20.8 Å². The van der Waals surface area contributed by atoms with Gasteiger partial charge in [0.05, 0.1) is 12.5 Å². The number of carbonyl (C=O) groups is 3. The lowest BCUT2D eigenvalue weighted by Crippen LogP contribution is -2.41. The molecule has 86 valence electrons. The van der Waals surface area contributed by atoms with Crippen molar-refractivity contribution in [3.63, 3.8) is 0 Å². The molecule has 0 saturated heterocycles. The van der Waals surface area contributed by atoms with E-state index in [2.05, 4.69) is 5.32 Å². The van der Waals surface area contributed by atoms with Crippen molar-refractivity contribution in [3.8, 4) is 0 Å². The van der Waals surface area contributed by atoms with Crippen molar-refractivity contribution in [3.05, 3.63) is 0 Å². The smallest absolute Gasteiger partial charge is 0.408 e. The maximum atomic E-state index is 11.1. The first-order valence-electron chi connectivity index (χ1n) is 4.41. The van der Waals surface area contributed by atoms with Crippen LogP contribution in [-0.4, -0.2) is 35.1 Å². The average molecular weight is 217 g/mol. The lowest BCUT2D eigenvalue weighted by atomic mass is 10.2. The molecule has 0 rings (SSSR count). The van der Waals surface area contributed by atoms with Crippen LogP contribution in [0.25, 0.3) is 0 Å². The molecular formula is C9H15NO5. The van der Waals surface area contributed by atoms with Crippen LogP contribution in [0.1, 0.15) is 27.2 Å². The molecule has 1 amide bonds. The summed E-state index contributed by atoms with van der Waals surface area (Å²) in [5.74, 6) is -1.16. The minimum absolute atomic E-state index is 0.359. The second kappa shape index (κ2) is 5.33. The van der Waals surface area contributed by atoms with Gasteiger partial charge in [0.1, 0.15) is 11.9 Å². The van der Waals surface area contributed by atoms with Gasteiger partial charge >= 0.3 is 12.1 Å². The summed E-state index contributed by atoms with van der Waals surface area (Å²) >= 11 is 0. The van der Waals surface area contributed by atoms with Gasteiger partial charge in [-0.15, -0.1) is 0 Å². The van der Waals surface area contributed by atoms with E-state index in [0.29, 0.717) is 6.29 Å². The van der Waals surface area contributed by atoms with Gasteiger partial charge in [-0.2, -0.15) is 0 Å². The molecule has 15 heavy (non-hydrogen) atoms. The van der Waals surface area contributed by atoms with E-state index >= 15 is 0 Å². The predicted molar refractivity (Wildman–Crippen MR) is 51.5 cm³/mol. The first kappa shape index (κ1) is 13.4. The van der Waals surface area contributed by atoms with Crippen molar-refractivity contribution in [1.82, 2.24) is 5.32 Å². The highest BCUT2D eigenvalue weighted by molar-refractivity contribution is 5.78. The van der Waals surface area contributed by atoms with Crippen molar-refractivity contribution in [1.29, 1.82) is 0 Å². The molecule has 0 saturated carbocycles. The summed E-state index contributed by atoms with van der Waals surface area (Å²) in [7, 11) is 0. The summed E-state index contributed by atoms with van der Waals surface area (Å²) < 4.78 is 4.85. The molecule has 0 aliphatic carbocycles. The summed E-state index contributed by atoms with van der Waals surface area (Å²) in [5.41, 5.74) is -0.680. The number of aldehydes is 1. The van der Waals surface area contributed by atoms with Crippen LogP contribution >= 0.6 is 0 Å². The number of hydrogen-bond acceptors (Lipinski definition) is 4. The quantitative estimate of drug-likeness (QED) is 0.671. The van der Waals surface area contributed by atoms with Gasteiger partial charge in [0.15, 0.2) is 0 Å². The van der Waals surface area contributed by atoms with E-state index in [-0.39, 0.29) is 0 Å². The molecule has 6 heteroatoms. The topological polar surface area (TPSA) is 92.7 Å². The summed E-state index contributed by atoms with van der Waals surface area (Å²) in [5, 5.41) is 10.6. The fourth-order valence-corrected chi connectivity index (χ4v) is 0.780. The normalized spacial score (nSPS) is 12.7. The SMILES string of the molecule is CC(C)(C)OC(=O)NC(C=O)CC(=O)O. The Bertz CT molecular complexity index is 256. The minimum atomic E-state index is -1.16. The number of nitrogens with one attached hydrogen (secondary N) is 1. The molecule has 0 spiro atoms. The van der Waals surface area contributed by atoms with E-state index in [1.165, 1.54) is 0 Å². The molecule has 0 bridgehead atoms. The Balaban J connectivity index is 4.13. The molecule has 1 unspecified atom stereocenters. The van der Waals surface area contributed by atoms with E-state index in [9.17, 15) is 14.4 Å². The fourth-order valence-electron chi connectivity index (χ4n) is 0.780. The van der Waals surface area contributed by atoms with E-state index in [1.807, 2.05) is 0 Å². The average Bonchev–Trinajstić information content (AvgIpc) is 1.98. The van der Waals surface area contributed by atoms with Crippen LogP contribution in [0.2, 0.25) is 0 Å². The third-order valence-electron chi connectivity index (χ3n) is 1.26. The molecule has 0 aliphatic rings. The number of amides is 1. The van der Waals surface area contributed by atoms with E-state index in [4.69, 9.17) is 9.84 Å². The molecule has 0 aliphatic heterocycles. The maximum Gasteiger partial charge on any atom is 0.408 e. The second-order valence-electron chi connectivity index (χ2n) is 3.99. The van der Waals surface area contributed by atoms with Gasteiger partial charge in [-0.3, -0.25) is 4.79 Å². The number of aliphatic carboxylic acids is 1. The number of ether oxygens (including phenoxy) is 1. The predicted octanol–water partition coefficient (Wildman–Crippen LogP) is 0.553. The lowest BCUT2D eigenvalue weighted by molar-refractivity contribution is -0.138. The van der Waals surface area contributed by atoms with Crippen LogP contribution in [0, 0.1) is 0 Å². The summed E-state index contributed by atoms with van der Waals surface area (Å²) in [6.45, 7) is 5.00. The number of alkyl carbamates (subject to hydrolysis) is 1. The highest BCUT2D eigenvalue weighted by Gasteiger charge is 2.20. The van der Waals surface area contributed by atoms with Crippen LogP contribution in [0.5, 0.6) is 0 Å². The van der Waals surface area contributed by atoms with Crippen molar-refractivity contribution in [2.45, 2.75) is 38.8 Å². The first-order chi connectivity index (χ1) is 6.74.